The summed E-state index contributed by atoms with van der Waals surface area (Å²) in [6, 6.07) is 5.44. The summed E-state index contributed by atoms with van der Waals surface area (Å²) >= 11 is 0. The lowest BCUT2D eigenvalue weighted by Crippen LogP contribution is -2.10. The summed E-state index contributed by atoms with van der Waals surface area (Å²) in [5, 5.41) is 0. The van der Waals surface area contributed by atoms with E-state index in [9.17, 15) is 8.42 Å². The van der Waals surface area contributed by atoms with Crippen LogP contribution in [-0.2, 0) is 15.6 Å². The normalized spacial score (nSPS) is 11.6. The van der Waals surface area contributed by atoms with E-state index in [1.165, 1.54) is 18.5 Å². The number of nitrogens with zero attached hydrogens (tertiary/aromatic N) is 1. The number of pyridine rings is 1. The standard InChI is InChI=1S/C15H18N2O2S/c1-10-6-11(2)13(12(3)7-10)9-20(18,19)15-4-5-17-8-14(15)16/h4-8H,9,16H2,1-3H3. The first-order chi connectivity index (χ1) is 9.31. The molecule has 0 spiro atoms. The van der Waals surface area contributed by atoms with Crippen molar-refractivity contribution in [1.82, 2.24) is 4.98 Å². The number of rotatable bonds is 3. The van der Waals surface area contributed by atoms with Crippen LogP contribution in [0.3, 0.4) is 0 Å². The molecule has 1 aromatic carbocycles. The maximum atomic E-state index is 12.5. The molecular formula is C15H18N2O2S. The largest absolute Gasteiger partial charge is 0.396 e. The Kier molecular flexibility index (Phi) is 3.81. The highest BCUT2D eigenvalue weighted by atomic mass is 32.2. The first kappa shape index (κ1) is 14.5. The molecule has 1 aromatic heterocycles. The first-order valence-corrected chi connectivity index (χ1v) is 7.95. The third kappa shape index (κ3) is 2.82. The quantitative estimate of drug-likeness (QED) is 0.943. The summed E-state index contributed by atoms with van der Waals surface area (Å²) in [5.41, 5.74) is 9.85. The van der Waals surface area contributed by atoms with Gasteiger partial charge in [-0.1, -0.05) is 17.7 Å². The first-order valence-electron chi connectivity index (χ1n) is 6.30. The minimum atomic E-state index is -3.47. The van der Waals surface area contributed by atoms with Crippen LogP contribution in [0.25, 0.3) is 0 Å². The van der Waals surface area contributed by atoms with Gasteiger partial charge in [0.2, 0.25) is 0 Å². The fourth-order valence-electron chi connectivity index (χ4n) is 2.38. The number of aryl methyl sites for hydroxylation is 3. The van der Waals surface area contributed by atoms with Crippen LogP contribution < -0.4 is 5.73 Å². The predicted molar refractivity (Wildman–Crippen MR) is 80.2 cm³/mol. The summed E-state index contributed by atoms with van der Waals surface area (Å²) in [7, 11) is -3.47. The highest BCUT2D eigenvalue weighted by Crippen LogP contribution is 2.25. The second-order valence-corrected chi connectivity index (χ2v) is 7.01. The zero-order valence-electron chi connectivity index (χ0n) is 11.8. The molecule has 2 aromatic rings. The van der Waals surface area contributed by atoms with Crippen molar-refractivity contribution in [2.45, 2.75) is 31.4 Å². The maximum absolute atomic E-state index is 12.5. The molecule has 0 fully saturated rings. The average molecular weight is 290 g/mol. The molecule has 0 unspecified atom stereocenters. The van der Waals surface area contributed by atoms with Crippen LogP contribution in [0, 0.1) is 20.8 Å². The van der Waals surface area contributed by atoms with Gasteiger partial charge in [0.25, 0.3) is 0 Å². The van der Waals surface area contributed by atoms with Crippen LogP contribution in [-0.4, -0.2) is 13.4 Å². The Morgan fingerprint density at radius 2 is 1.75 bits per heavy atom. The molecule has 20 heavy (non-hydrogen) atoms. The van der Waals surface area contributed by atoms with Crippen molar-refractivity contribution in [2.24, 2.45) is 0 Å². The summed E-state index contributed by atoms with van der Waals surface area (Å²) in [6.07, 6.45) is 2.81. The molecule has 0 aliphatic heterocycles. The molecule has 106 valence electrons. The number of hydrogen-bond donors (Lipinski definition) is 1. The molecule has 0 bridgehead atoms. The van der Waals surface area contributed by atoms with E-state index in [4.69, 9.17) is 5.73 Å². The molecule has 2 N–H and O–H groups in total. The fourth-order valence-corrected chi connectivity index (χ4v) is 4.05. The Bertz CT molecular complexity index is 729. The van der Waals surface area contributed by atoms with Gasteiger partial charge in [-0.2, -0.15) is 0 Å². The summed E-state index contributed by atoms with van der Waals surface area (Å²) in [4.78, 5) is 3.97. The average Bonchev–Trinajstić information content (AvgIpc) is 2.34. The molecule has 1 heterocycles. The zero-order chi connectivity index (χ0) is 14.9. The molecule has 4 nitrogen and oxygen atoms in total. The van der Waals surface area contributed by atoms with Crippen LogP contribution in [0.1, 0.15) is 22.3 Å². The maximum Gasteiger partial charge on any atom is 0.184 e. The number of hydrogen-bond acceptors (Lipinski definition) is 4. The van der Waals surface area contributed by atoms with Gasteiger partial charge in [0, 0.05) is 6.20 Å². The lowest BCUT2D eigenvalue weighted by Gasteiger charge is -2.12. The van der Waals surface area contributed by atoms with Gasteiger partial charge in [-0.05, 0) is 43.5 Å². The van der Waals surface area contributed by atoms with Crippen molar-refractivity contribution in [3.05, 3.63) is 52.8 Å². The van der Waals surface area contributed by atoms with Gasteiger partial charge in [0.05, 0.1) is 22.5 Å². The zero-order valence-corrected chi connectivity index (χ0v) is 12.7. The van der Waals surface area contributed by atoms with Crippen molar-refractivity contribution >= 4 is 15.5 Å². The smallest absolute Gasteiger partial charge is 0.184 e. The number of nitrogen functional groups attached to an aromatic ring is 1. The Morgan fingerprint density at radius 3 is 2.30 bits per heavy atom. The lowest BCUT2D eigenvalue weighted by atomic mass is 10.0. The summed E-state index contributed by atoms with van der Waals surface area (Å²) in [5.74, 6) is -0.0425. The molecule has 0 aliphatic carbocycles. The minimum Gasteiger partial charge on any atom is -0.396 e. The van der Waals surface area contributed by atoms with Crippen LogP contribution in [0.15, 0.2) is 35.5 Å². The predicted octanol–water partition coefficient (Wildman–Crippen LogP) is 2.56. The van der Waals surface area contributed by atoms with Crippen LogP contribution in [0.4, 0.5) is 5.69 Å². The van der Waals surface area contributed by atoms with E-state index in [1.54, 1.807) is 0 Å². The van der Waals surface area contributed by atoms with Crippen LogP contribution >= 0.6 is 0 Å². The molecule has 0 radical (unpaired) electrons. The summed E-state index contributed by atoms with van der Waals surface area (Å²) < 4.78 is 25.0. The van der Waals surface area contributed by atoms with E-state index >= 15 is 0 Å². The molecule has 0 aliphatic rings. The number of sulfone groups is 1. The van der Waals surface area contributed by atoms with Crippen molar-refractivity contribution in [1.29, 1.82) is 0 Å². The second kappa shape index (κ2) is 5.25. The monoisotopic (exact) mass is 290 g/mol. The third-order valence-electron chi connectivity index (χ3n) is 3.32. The number of aromatic nitrogens is 1. The van der Waals surface area contributed by atoms with Gasteiger partial charge in [-0.25, -0.2) is 8.42 Å². The van der Waals surface area contributed by atoms with E-state index in [0.29, 0.717) is 0 Å². The third-order valence-corrected chi connectivity index (χ3v) is 5.03. The van der Waals surface area contributed by atoms with E-state index in [1.807, 2.05) is 32.9 Å². The molecule has 0 atom stereocenters. The van der Waals surface area contributed by atoms with Crippen molar-refractivity contribution in [2.75, 3.05) is 5.73 Å². The molecule has 0 saturated heterocycles. The van der Waals surface area contributed by atoms with Crippen molar-refractivity contribution < 1.29 is 8.42 Å². The highest BCUT2D eigenvalue weighted by molar-refractivity contribution is 7.90. The SMILES string of the molecule is Cc1cc(C)c(CS(=O)(=O)c2ccncc2N)c(C)c1. The fraction of sp³-hybridized carbons (Fsp3) is 0.267. The van der Waals surface area contributed by atoms with Crippen LogP contribution in [0.2, 0.25) is 0 Å². The second-order valence-electron chi connectivity index (χ2n) is 5.05. The van der Waals surface area contributed by atoms with E-state index < -0.39 is 9.84 Å². The topological polar surface area (TPSA) is 73.0 Å². The van der Waals surface area contributed by atoms with Crippen molar-refractivity contribution in [3.63, 3.8) is 0 Å². The van der Waals surface area contributed by atoms with Gasteiger partial charge in [-0.15, -0.1) is 0 Å². The molecule has 0 amide bonds. The number of benzene rings is 1. The van der Waals surface area contributed by atoms with E-state index in [0.717, 1.165) is 22.3 Å². The van der Waals surface area contributed by atoms with Gasteiger partial charge >= 0.3 is 0 Å². The van der Waals surface area contributed by atoms with E-state index in [-0.39, 0.29) is 16.3 Å². The lowest BCUT2D eigenvalue weighted by molar-refractivity contribution is 0.595. The van der Waals surface area contributed by atoms with Gasteiger partial charge < -0.3 is 5.73 Å². The van der Waals surface area contributed by atoms with Gasteiger partial charge in [-0.3, -0.25) is 4.98 Å². The number of anilines is 1. The van der Waals surface area contributed by atoms with Crippen molar-refractivity contribution in [3.8, 4) is 0 Å². The van der Waals surface area contributed by atoms with Gasteiger partial charge in [0.1, 0.15) is 0 Å². The van der Waals surface area contributed by atoms with Crippen LogP contribution in [0.5, 0.6) is 0 Å². The highest BCUT2D eigenvalue weighted by Gasteiger charge is 2.20. The number of nitrogens with two attached hydrogens (primary N) is 1. The molecule has 5 heteroatoms. The molecular weight excluding hydrogens is 272 g/mol. The Morgan fingerprint density at radius 1 is 1.15 bits per heavy atom. The van der Waals surface area contributed by atoms with E-state index in [2.05, 4.69) is 4.98 Å². The van der Waals surface area contributed by atoms with Gasteiger partial charge in [0.15, 0.2) is 9.84 Å². The molecule has 0 saturated carbocycles. The molecule has 2 rings (SSSR count). The Labute approximate surface area is 119 Å². The Hall–Kier alpha value is -1.88. The Balaban J connectivity index is 2.47. The summed E-state index contributed by atoms with van der Waals surface area (Å²) in [6.45, 7) is 5.86. The minimum absolute atomic E-state index is 0.0425.